The summed E-state index contributed by atoms with van der Waals surface area (Å²) in [5.41, 5.74) is 10.4. The van der Waals surface area contributed by atoms with Gasteiger partial charge < -0.3 is 11.1 Å². The molecule has 8 nitrogen and oxygen atoms in total. The van der Waals surface area contributed by atoms with Crippen molar-refractivity contribution in [2.45, 2.75) is 82.8 Å². The largest absolute Gasteiger partial charge is 0.351 e. The number of nitrogens with zero attached hydrogens (tertiary/aromatic N) is 5. The average molecular weight is 544 g/mol. The van der Waals surface area contributed by atoms with Gasteiger partial charge in [0.1, 0.15) is 5.65 Å². The maximum absolute atomic E-state index is 14.2. The molecule has 2 aliphatic carbocycles. The Balaban J connectivity index is 1.44. The molecule has 0 saturated heterocycles. The summed E-state index contributed by atoms with van der Waals surface area (Å²) in [7, 11) is 0. The van der Waals surface area contributed by atoms with Crippen molar-refractivity contribution in [1.82, 2.24) is 24.5 Å². The number of fused-ring (bicyclic) bond motifs is 1. The van der Waals surface area contributed by atoms with Gasteiger partial charge in [-0.05, 0) is 57.6 Å². The topological polar surface area (TPSA) is 112 Å². The smallest absolute Gasteiger partial charge is 0.260 e. The molecule has 1 aromatic carbocycles. The molecule has 2 aliphatic rings. The van der Waals surface area contributed by atoms with Crippen LogP contribution in [-0.2, 0) is 0 Å². The number of nitrogens with one attached hydrogen (secondary N) is 1. The molecule has 0 amide bonds. The van der Waals surface area contributed by atoms with Crippen LogP contribution in [0.3, 0.4) is 0 Å². The molecule has 3 aromatic heterocycles. The fourth-order valence-electron chi connectivity index (χ4n) is 6.01. The van der Waals surface area contributed by atoms with Crippen molar-refractivity contribution in [2.24, 2.45) is 5.73 Å². The van der Waals surface area contributed by atoms with Gasteiger partial charge in [-0.15, -0.1) is 0 Å². The quantitative estimate of drug-likeness (QED) is 0.314. The van der Waals surface area contributed by atoms with E-state index >= 15 is 0 Å². The van der Waals surface area contributed by atoms with Crippen LogP contribution in [0.5, 0.6) is 0 Å². The lowest BCUT2D eigenvalue weighted by Gasteiger charge is -2.29. The monoisotopic (exact) mass is 543 g/mol. The van der Waals surface area contributed by atoms with Crippen LogP contribution >= 0.6 is 11.6 Å². The Morgan fingerprint density at radius 3 is 2.49 bits per heavy atom. The Labute approximate surface area is 233 Å². The number of hydrogen-bond acceptors (Lipinski definition) is 7. The highest BCUT2D eigenvalue weighted by molar-refractivity contribution is 6.33. The van der Waals surface area contributed by atoms with E-state index in [0.29, 0.717) is 33.8 Å². The Kier molecular flexibility index (Phi) is 7.32. The second-order valence-electron chi connectivity index (χ2n) is 11.0. The van der Waals surface area contributed by atoms with E-state index in [0.717, 1.165) is 60.9 Å². The maximum atomic E-state index is 14.2. The Morgan fingerprint density at radius 1 is 0.949 bits per heavy atom. The summed E-state index contributed by atoms with van der Waals surface area (Å²) in [6.45, 7) is 1.90. The van der Waals surface area contributed by atoms with Crippen molar-refractivity contribution in [2.75, 3.05) is 5.32 Å². The van der Waals surface area contributed by atoms with Gasteiger partial charge in [-0.2, -0.15) is 4.98 Å². The molecule has 9 heteroatoms. The molecule has 0 bridgehead atoms. The first-order valence-corrected chi connectivity index (χ1v) is 14.4. The average Bonchev–Trinajstić information content (AvgIpc) is 2.94. The lowest BCUT2D eigenvalue weighted by molar-refractivity contribution is 0.323. The standard InChI is InChI=1S/C30H34ClN7O/c1-18-15-33-17-27(35-18)19-7-12-24(26(31)14-19)25-13-20-16-34-30(36-22-5-3-2-4-6-22)37-28(20)38(29(25)39)23-10-8-21(32)9-11-23/h7,12-17,21-23H,2-6,8-11,32H2,1H3,(H,34,36,37). The normalized spacial score (nSPS) is 20.3. The van der Waals surface area contributed by atoms with Gasteiger partial charge in [-0.3, -0.25) is 14.3 Å². The number of benzene rings is 1. The van der Waals surface area contributed by atoms with Gasteiger partial charge in [0, 0.05) is 57.6 Å². The fourth-order valence-corrected chi connectivity index (χ4v) is 6.29. The van der Waals surface area contributed by atoms with Crippen molar-refractivity contribution < 1.29 is 0 Å². The van der Waals surface area contributed by atoms with Crippen LogP contribution in [0.25, 0.3) is 33.4 Å². The van der Waals surface area contributed by atoms with Gasteiger partial charge in [-0.1, -0.05) is 43.0 Å². The van der Waals surface area contributed by atoms with E-state index in [9.17, 15) is 4.79 Å². The number of hydrogen-bond donors (Lipinski definition) is 2. The summed E-state index contributed by atoms with van der Waals surface area (Å²) in [4.78, 5) is 32.5. The fraction of sp³-hybridized carbons (Fsp3) is 0.433. The summed E-state index contributed by atoms with van der Waals surface area (Å²) in [5, 5.41) is 4.83. The summed E-state index contributed by atoms with van der Waals surface area (Å²) < 4.78 is 1.88. The molecule has 6 rings (SSSR count). The highest BCUT2D eigenvalue weighted by Crippen LogP contribution is 2.34. The van der Waals surface area contributed by atoms with Gasteiger partial charge in [0.15, 0.2) is 0 Å². The lowest BCUT2D eigenvalue weighted by atomic mass is 9.91. The van der Waals surface area contributed by atoms with Crippen molar-refractivity contribution in [3.63, 3.8) is 0 Å². The molecule has 3 N–H and O–H groups in total. The van der Waals surface area contributed by atoms with Crippen LogP contribution in [0, 0.1) is 6.92 Å². The van der Waals surface area contributed by atoms with E-state index in [-0.39, 0.29) is 17.6 Å². The van der Waals surface area contributed by atoms with E-state index in [1.807, 2.05) is 42.0 Å². The number of aromatic nitrogens is 5. The third kappa shape index (κ3) is 5.40. The predicted octanol–water partition coefficient (Wildman–Crippen LogP) is 6.06. The van der Waals surface area contributed by atoms with Gasteiger partial charge in [0.05, 0.1) is 17.6 Å². The number of pyridine rings is 1. The second kappa shape index (κ2) is 11.0. The van der Waals surface area contributed by atoms with Crippen LogP contribution in [0.15, 0.2) is 47.7 Å². The Hall–Kier alpha value is -3.36. The number of halogens is 1. The molecule has 3 heterocycles. The van der Waals surface area contributed by atoms with Gasteiger partial charge >= 0.3 is 0 Å². The molecule has 0 radical (unpaired) electrons. The zero-order chi connectivity index (χ0) is 26.9. The zero-order valence-corrected chi connectivity index (χ0v) is 23.0. The van der Waals surface area contributed by atoms with E-state index in [1.54, 1.807) is 12.4 Å². The Morgan fingerprint density at radius 2 is 1.74 bits per heavy atom. The molecular weight excluding hydrogens is 510 g/mol. The highest BCUT2D eigenvalue weighted by atomic mass is 35.5. The van der Waals surface area contributed by atoms with E-state index in [1.165, 1.54) is 19.3 Å². The second-order valence-corrected chi connectivity index (χ2v) is 11.4. The number of aryl methyl sites for hydroxylation is 1. The summed E-state index contributed by atoms with van der Waals surface area (Å²) in [6.07, 6.45) is 14.7. The van der Waals surface area contributed by atoms with Crippen molar-refractivity contribution in [3.05, 3.63) is 63.9 Å². The number of nitrogens with two attached hydrogens (primary N) is 1. The van der Waals surface area contributed by atoms with Crippen molar-refractivity contribution in [3.8, 4) is 22.4 Å². The molecule has 0 aliphatic heterocycles. The minimum Gasteiger partial charge on any atom is -0.351 e. The molecule has 0 spiro atoms. The zero-order valence-electron chi connectivity index (χ0n) is 22.2. The number of anilines is 1. The Bertz CT molecular complexity index is 1560. The van der Waals surface area contributed by atoms with E-state index in [2.05, 4.69) is 20.3 Å². The molecule has 4 aromatic rings. The minimum absolute atomic E-state index is 0.0257. The van der Waals surface area contributed by atoms with Crippen molar-refractivity contribution in [1.29, 1.82) is 0 Å². The highest BCUT2D eigenvalue weighted by Gasteiger charge is 2.26. The van der Waals surface area contributed by atoms with Crippen LogP contribution < -0.4 is 16.6 Å². The maximum Gasteiger partial charge on any atom is 0.260 e. The molecular formula is C30H34ClN7O. The SMILES string of the molecule is Cc1cncc(-c2ccc(-c3cc4cnc(NC5CCCCC5)nc4n(C4CCC(N)CC4)c3=O)c(Cl)c2)n1. The lowest BCUT2D eigenvalue weighted by Crippen LogP contribution is -2.33. The van der Waals surface area contributed by atoms with Crippen molar-refractivity contribution >= 4 is 28.6 Å². The molecule has 202 valence electrons. The molecule has 39 heavy (non-hydrogen) atoms. The first-order chi connectivity index (χ1) is 19.0. The minimum atomic E-state index is -0.0877. The first kappa shape index (κ1) is 25.9. The van der Waals surface area contributed by atoms with Gasteiger partial charge in [-0.25, -0.2) is 9.97 Å². The van der Waals surface area contributed by atoms with Gasteiger partial charge in [0.25, 0.3) is 5.56 Å². The van der Waals surface area contributed by atoms with Gasteiger partial charge in [0.2, 0.25) is 5.95 Å². The molecule has 2 fully saturated rings. The van der Waals surface area contributed by atoms with Crippen LogP contribution in [-0.4, -0.2) is 36.6 Å². The van der Waals surface area contributed by atoms with E-state index in [4.69, 9.17) is 22.3 Å². The van der Waals surface area contributed by atoms with Crippen LogP contribution in [0.4, 0.5) is 5.95 Å². The number of rotatable bonds is 5. The van der Waals surface area contributed by atoms with E-state index < -0.39 is 0 Å². The molecule has 0 unspecified atom stereocenters. The summed E-state index contributed by atoms with van der Waals surface area (Å²) in [5.74, 6) is 0.587. The molecule has 0 atom stereocenters. The summed E-state index contributed by atoms with van der Waals surface area (Å²) >= 11 is 6.81. The third-order valence-corrected chi connectivity index (χ3v) is 8.44. The molecule has 2 saturated carbocycles. The summed E-state index contributed by atoms with van der Waals surface area (Å²) in [6, 6.07) is 8.13. The predicted molar refractivity (Wildman–Crippen MR) is 156 cm³/mol. The first-order valence-electron chi connectivity index (χ1n) is 14.0. The van der Waals surface area contributed by atoms with Crippen LogP contribution in [0.1, 0.15) is 69.5 Å². The van der Waals surface area contributed by atoms with Crippen LogP contribution in [0.2, 0.25) is 5.02 Å². The third-order valence-electron chi connectivity index (χ3n) is 8.13.